The summed E-state index contributed by atoms with van der Waals surface area (Å²) >= 11 is 1.85. The van der Waals surface area contributed by atoms with Gasteiger partial charge in [-0.05, 0) is 37.8 Å². The van der Waals surface area contributed by atoms with E-state index < -0.39 is 0 Å². The molecule has 0 bridgehead atoms. The minimum absolute atomic E-state index is 0.186. The number of nitrogens with one attached hydrogen (secondary N) is 1. The third kappa shape index (κ3) is 2.44. The van der Waals surface area contributed by atoms with Gasteiger partial charge in [0.15, 0.2) is 0 Å². The SMILES string of the molecule is CC1(C)CCOC(c2cc3ccccc3s2)CN1. The van der Waals surface area contributed by atoms with Crippen molar-refractivity contribution in [2.24, 2.45) is 0 Å². The van der Waals surface area contributed by atoms with Gasteiger partial charge in [-0.3, -0.25) is 0 Å². The zero-order chi connectivity index (χ0) is 12.6. The van der Waals surface area contributed by atoms with Gasteiger partial charge in [-0.2, -0.15) is 0 Å². The van der Waals surface area contributed by atoms with E-state index in [1.165, 1.54) is 15.0 Å². The number of ether oxygens (including phenoxy) is 1. The minimum atomic E-state index is 0.186. The van der Waals surface area contributed by atoms with Crippen molar-refractivity contribution in [2.75, 3.05) is 13.2 Å². The lowest BCUT2D eigenvalue weighted by Crippen LogP contribution is -2.39. The first-order valence-electron chi connectivity index (χ1n) is 6.49. The van der Waals surface area contributed by atoms with Crippen LogP contribution in [0.5, 0.6) is 0 Å². The van der Waals surface area contributed by atoms with Gasteiger partial charge < -0.3 is 10.1 Å². The Kier molecular flexibility index (Phi) is 3.14. The van der Waals surface area contributed by atoms with Gasteiger partial charge in [0.1, 0.15) is 6.10 Å². The fourth-order valence-electron chi connectivity index (χ4n) is 2.32. The molecule has 96 valence electrons. The molecule has 1 unspecified atom stereocenters. The Hall–Kier alpha value is -0.900. The summed E-state index contributed by atoms with van der Waals surface area (Å²) in [5.74, 6) is 0. The van der Waals surface area contributed by atoms with Crippen LogP contribution in [0.25, 0.3) is 10.1 Å². The molecule has 1 aliphatic heterocycles. The second kappa shape index (κ2) is 4.65. The fourth-order valence-corrected chi connectivity index (χ4v) is 3.43. The van der Waals surface area contributed by atoms with Gasteiger partial charge in [-0.25, -0.2) is 0 Å². The summed E-state index contributed by atoms with van der Waals surface area (Å²) in [7, 11) is 0. The first kappa shape index (κ1) is 12.2. The van der Waals surface area contributed by atoms with Gasteiger partial charge in [0, 0.05) is 28.3 Å². The lowest BCUT2D eigenvalue weighted by molar-refractivity contribution is 0.0681. The van der Waals surface area contributed by atoms with Gasteiger partial charge in [0.25, 0.3) is 0 Å². The first-order valence-corrected chi connectivity index (χ1v) is 7.31. The second-order valence-electron chi connectivity index (χ2n) is 5.56. The molecule has 18 heavy (non-hydrogen) atoms. The van der Waals surface area contributed by atoms with E-state index in [9.17, 15) is 0 Å². The summed E-state index contributed by atoms with van der Waals surface area (Å²) < 4.78 is 7.35. The summed E-state index contributed by atoms with van der Waals surface area (Å²) in [4.78, 5) is 1.33. The highest BCUT2D eigenvalue weighted by Gasteiger charge is 2.25. The molecule has 1 atom stereocenters. The Labute approximate surface area is 112 Å². The third-order valence-corrected chi connectivity index (χ3v) is 4.78. The smallest absolute Gasteiger partial charge is 0.104 e. The maximum absolute atomic E-state index is 6.00. The van der Waals surface area contributed by atoms with Gasteiger partial charge in [0.2, 0.25) is 0 Å². The van der Waals surface area contributed by atoms with E-state index in [0.29, 0.717) is 0 Å². The first-order chi connectivity index (χ1) is 8.64. The van der Waals surface area contributed by atoms with Gasteiger partial charge in [-0.15, -0.1) is 11.3 Å². The summed E-state index contributed by atoms with van der Waals surface area (Å²) in [6, 6.07) is 10.8. The van der Waals surface area contributed by atoms with Crippen LogP contribution >= 0.6 is 11.3 Å². The molecule has 0 radical (unpaired) electrons. The lowest BCUT2D eigenvalue weighted by Gasteiger charge is -2.23. The average molecular weight is 261 g/mol. The van der Waals surface area contributed by atoms with Crippen molar-refractivity contribution in [1.82, 2.24) is 5.32 Å². The maximum Gasteiger partial charge on any atom is 0.104 e. The molecule has 0 spiro atoms. The maximum atomic E-state index is 6.00. The van der Waals surface area contributed by atoms with Crippen molar-refractivity contribution in [1.29, 1.82) is 0 Å². The zero-order valence-electron chi connectivity index (χ0n) is 10.9. The van der Waals surface area contributed by atoms with E-state index in [1.54, 1.807) is 0 Å². The molecule has 2 aromatic rings. The van der Waals surface area contributed by atoms with E-state index in [4.69, 9.17) is 4.74 Å². The van der Waals surface area contributed by atoms with Crippen LogP contribution in [0.2, 0.25) is 0 Å². The van der Waals surface area contributed by atoms with E-state index in [1.807, 2.05) is 11.3 Å². The van der Waals surface area contributed by atoms with Gasteiger partial charge in [-0.1, -0.05) is 18.2 Å². The molecule has 1 saturated heterocycles. The van der Waals surface area contributed by atoms with Gasteiger partial charge >= 0.3 is 0 Å². The molecule has 3 rings (SSSR count). The number of fused-ring (bicyclic) bond motifs is 1. The molecular formula is C15H19NOS. The predicted octanol–water partition coefficient (Wildman–Crippen LogP) is 3.73. The highest BCUT2D eigenvalue weighted by Crippen LogP contribution is 2.32. The van der Waals surface area contributed by atoms with Crippen LogP contribution in [0.4, 0.5) is 0 Å². The minimum Gasteiger partial charge on any atom is -0.371 e. The van der Waals surface area contributed by atoms with Crippen LogP contribution in [0.3, 0.4) is 0 Å². The van der Waals surface area contributed by atoms with E-state index >= 15 is 0 Å². The Balaban J connectivity index is 1.85. The van der Waals surface area contributed by atoms with Crippen LogP contribution in [0.1, 0.15) is 31.2 Å². The molecule has 1 fully saturated rings. The fraction of sp³-hybridized carbons (Fsp3) is 0.467. The predicted molar refractivity (Wildman–Crippen MR) is 77.2 cm³/mol. The van der Waals surface area contributed by atoms with Crippen molar-refractivity contribution in [3.63, 3.8) is 0 Å². The summed E-state index contributed by atoms with van der Waals surface area (Å²) in [5.41, 5.74) is 0.186. The molecule has 1 aliphatic rings. The molecule has 0 aliphatic carbocycles. The Bertz CT molecular complexity index is 513. The topological polar surface area (TPSA) is 21.3 Å². The zero-order valence-corrected chi connectivity index (χ0v) is 11.7. The summed E-state index contributed by atoms with van der Waals surface area (Å²) in [5, 5.41) is 4.92. The van der Waals surface area contributed by atoms with Crippen molar-refractivity contribution in [3.05, 3.63) is 35.2 Å². The highest BCUT2D eigenvalue weighted by molar-refractivity contribution is 7.19. The van der Waals surface area contributed by atoms with Crippen LogP contribution < -0.4 is 5.32 Å². The van der Waals surface area contributed by atoms with Crippen LogP contribution in [0.15, 0.2) is 30.3 Å². The lowest BCUT2D eigenvalue weighted by atomic mass is 10.0. The highest BCUT2D eigenvalue weighted by atomic mass is 32.1. The van der Waals surface area contributed by atoms with Crippen LogP contribution in [-0.4, -0.2) is 18.7 Å². The Morgan fingerprint density at radius 3 is 3.00 bits per heavy atom. The van der Waals surface area contributed by atoms with Crippen LogP contribution in [-0.2, 0) is 4.74 Å². The van der Waals surface area contributed by atoms with E-state index in [0.717, 1.165) is 19.6 Å². The van der Waals surface area contributed by atoms with Crippen LogP contribution in [0, 0.1) is 0 Å². The van der Waals surface area contributed by atoms with Crippen molar-refractivity contribution >= 4 is 21.4 Å². The Morgan fingerprint density at radius 1 is 1.33 bits per heavy atom. The monoisotopic (exact) mass is 261 g/mol. The molecular weight excluding hydrogens is 242 g/mol. The summed E-state index contributed by atoms with van der Waals surface area (Å²) in [6.07, 6.45) is 1.26. The molecule has 1 aromatic carbocycles. The number of hydrogen-bond donors (Lipinski definition) is 1. The normalized spacial score (nSPS) is 24.0. The average Bonchev–Trinajstić information content (AvgIpc) is 2.68. The molecule has 1 aromatic heterocycles. The molecule has 0 amide bonds. The quantitative estimate of drug-likeness (QED) is 0.844. The molecule has 0 saturated carbocycles. The summed E-state index contributed by atoms with van der Waals surface area (Å²) in [6.45, 7) is 6.21. The number of rotatable bonds is 1. The number of hydrogen-bond acceptors (Lipinski definition) is 3. The molecule has 1 N–H and O–H groups in total. The Morgan fingerprint density at radius 2 is 2.17 bits per heavy atom. The van der Waals surface area contributed by atoms with Crippen molar-refractivity contribution < 1.29 is 4.74 Å². The van der Waals surface area contributed by atoms with Crippen molar-refractivity contribution in [2.45, 2.75) is 31.9 Å². The van der Waals surface area contributed by atoms with E-state index in [-0.39, 0.29) is 11.6 Å². The second-order valence-corrected chi connectivity index (χ2v) is 6.68. The van der Waals surface area contributed by atoms with Gasteiger partial charge in [0.05, 0.1) is 0 Å². The third-order valence-electron chi connectivity index (χ3n) is 3.57. The molecule has 3 heteroatoms. The number of benzene rings is 1. The van der Waals surface area contributed by atoms with Crippen molar-refractivity contribution in [3.8, 4) is 0 Å². The van der Waals surface area contributed by atoms with E-state index in [2.05, 4.69) is 49.5 Å². The largest absolute Gasteiger partial charge is 0.371 e. The number of thiophene rings is 1. The molecule has 2 nitrogen and oxygen atoms in total. The molecule has 2 heterocycles. The standard InChI is InChI=1S/C15H19NOS/c1-15(2)7-8-17-12(10-16-15)14-9-11-5-3-4-6-13(11)18-14/h3-6,9,12,16H,7-8,10H2,1-2H3.